The summed E-state index contributed by atoms with van der Waals surface area (Å²) in [5.74, 6) is 0.658. The Morgan fingerprint density at radius 3 is 3.08 bits per heavy atom. The van der Waals surface area contributed by atoms with Gasteiger partial charge in [0.2, 0.25) is 5.91 Å². The number of amides is 1. The highest BCUT2D eigenvalue weighted by molar-refractivity contribution is 8.00. The van der Waals surface area contributed by atoms with Crippen molar-refractivity contribution in [1.29, 1.82) is 0 Å². The number of aryl methyl sites for hydroxylation is 1. The highest BCUT2D eigenvalue weighted by atomic mass is 32.2. The first-order valence-electron chi connectivity index (χ1n) is 8.80. The molecular weight excluding hydrogens is 350 g/mol. The van der Waals surface area contributed by atoms with Gasteiger partial charge in [-0.25, -0.2) is 9.97 Å². The summed E-state index contributed by atoms with van der Waals surface area (Å²) in [6.07, 6.45) is 2.21. The zero-order valence-corrected chi connectivity index (χ0v) is 15.6. The maximum atomic E-state index is 12.4. The minimum Gasteiger partial charge on any atom is -0.376 e. The van der Waals surface area contributed by atoms with Crippen LogP contribution in [0.25, 0.3) is 16.6 Å². The summed E-state index contributed by atoms with van der Waals surface area (Å²) >= 11 is 1.39. The van der Waals surface area contributed by atoms with Gasteiger partial charge in [-0.3, -0.25) is 4.79 Å². The van der Waals surface area contributed by atoms with Crippen molar-refractivity contribution in [3.05, 3.63) is 30.1 Å². The molecule has 1 N–H and O–H groups in total. The second-order valence-electron chi connectivity index (χ2n) is 6.45. The molecular formula is C18H21N5O2S. The van der Waals surface area contributed by atoms with Gasteiger partial charge in [0.25, 0.3) is 0 Å². The number of carbonyl (C=O) groups is 1. The predicted molar refractivity (Wildman–Crippen MR) is 100 cm³/mol. The van der Waals surface area contributed by atoms with Gasteiger partial charge in [0.05, 0.1) is 16.9 Å². The van der Waals surface area contributed by atoms with Gasteiger partial charge >= 0.3 is 0 Å². The Labute approximate surface area is 155 Å². The molecule has 4 rings (SSSR count). The molecule has 0 bridgehead atoms. The van der Waals surface area contributed by atoms with Crippen LogP contribution < -0.4 is 5.32 Å². The molecule has 1 aliphatic heterocycles. The molecule has 0 unspecified atom stereocenters. The van der Waals surface area contributed by atoms with Gasteiger partial charge in [-0.15, -0.1) is 5.10 Å². The molecule has 2 atom stereocenters. The third-order valence-electron chi connectivity index (χ3n) is 4.43. The number of rotatable bonds is 5. The van der Waals surface area contributed by atoms with Crippen molar-refractivity contribution in [1.82, 2.24) is 24.9 Å². The minimum absolute atomic E-state index is 0.0227. The van der Waals surface area contributed by atoms with Crippen LogP contribution in [-0.4, -0.2) is 50.0 Å². The van der Waals surface area contributed by atoms with E-state index < -0.39 is 0 Å². The van der Waals surface area contributed by atoms with Crippen molar-refractivity contribution in [2.75, 3.05) is 13.2 Å². The quantitative estimate of drug-likeness (QED) is 0.548. The van der Waals surface area contributed by atoms with Crippen LogP contribution in [0, 0.1) is 6.92 Å². The summed E-state index contributed by atoms with van der Waals surface area (Å²) in [5.41, 5.74) is 1.62. The van der Waals surface area contributed by atoms with Gasteiger partial charge in [-0.1, -0.05) is 23.9 Å². The number of hydrogen-bond acceptors (Lipinski definition) is 6. The molecule has 7 nitrogen and oxygen atoms in total. The number of fused-ring (bicyclic) bond motifs is 3. The molecule has 0 spiro atoms. The number of ether oxygens (including phenoxy) is 1. The van der Waals surface area contributed by atoms with E-state index >= 15 is 0 Å². The first-order chi connectivity index (χ1) is 12.6. The Bertz CT molecular complexity index is 951. The van der Waals surface area contributed by atoms with E-state index in [2.05, 4.69) is 15.4 Å². The molecule has 0 aliphatic carbocycles. The third kappa shape index (κ3) is 3.39. The average Bonchev–Trinajstić information content (AvgIpc) is 3.29. The lowest BCUT2D eigenvalue weighted by molar-refractivity contribution is -0.120. The molecule has 1 aliphatic rings. The van der Waals surface area contributed by atoms with Crippen molar-refractivity contribution < 1.29 is 9.53 Å². The molecule has 26 heavy (non-hydrogen) atoms. The molecule has 2 aromatic heterocycles. The normalized spacial score (nSPS) is 18.5. The zero-order valence-electron chi connectivity index (χ0n) is 14.8. The SMILES string of the molecule is Cc1nc2c3ccccc3nc(S[C@@H](C)C(=O)NC[C@H]3CCCO3)n2n1. The zero-order chi connectivity index (χ0) is 18.1. The minimum atomic E-state index is -0.294. The smallest absolute Gasteiger partial charge is 0.233 e. The molecule has 1 saturated heterocycles. The number of nitrogens with one attached hydrogen (secondary N) is 1. The summed E-state index contributed by atoms with van der Waals surface area (Å²) in [5, 5.41) is 8.76. The number of para-hydroxylation sites is 1. The molecule has 0 radical (unpaired) electrons. The Hall–Kier alpha value is -2.19. The van der Waals surface area contributed by atoms with E-state index in [1.54, 1.807) is 4.52 Å². The Kier molecular flexibility index (Phi) is 4.78. The molecule has 136 valence electrons. The maximum Gasteiger partial charge on any atom is 0.233 e. The van der Waals surface area contributed by atoms with E-state index in [9.17, 15) is 4.79 Å². The van der Waals surface area contributed by atoms with E-state index in [0.717, 1.165) is 36.0 Å². The van der Waals surface area contributed by atoms with Crippen molar-refractivity contribution >= 4 is 34.2 Å². The van der Waals surface area contributed by atoms with Gasteiger partial charge in [-0.2, -0.15) is 4.52 Å². The number of aromatic nitrogens is 4. The fourth-order valence-corrected chi connectivity index (χ4v) is 3.97. The van der Waals surface area contributed by atoms with Crippen LogP contribution >= 0.6 is 11.8 Å². The standard InChI is InChI=1S/C18H21N5O2S/c1-11(17(24)19-10-13-6-5-9-25-13)26-18-21-15-8-4-3-7-14(15)16-20-12(2)22-23(16)18/h3-4,7-8,11,13H,5-6,9-10H2,1-2H3,(H,19,24)/t11-,13+/m0/s1. The topological polar surface area (TPSA) is 81.4 Å². The summed E-state index contributed by atoms with van der Waals surface area (Å²) < 4.78 is 7.28. The second kappa shape index (κ2) is 7.20. The van der Waals surface area contributed by atoms with E-state index in [1.807, 2.05) is 38.1 Å². The third-order valence-corrected chi connectivity index (χ3v) is 5.48. The summed E-state index contributed by atoms with van der Waals surface area (Å²) in [6, 6.07) is 7.84. The lowest BCUT2D eigenvalue weighted by Crippen LogP contribution is -2.36. The van der Waals surface area contributed by atoms with Crippen LogP contribution in [0.3, 0.4) is 0 Å². The van der Waals surface area contributed by atoms with Crippen molar-refractivity contribution in [3.63, 3.8) is 0 Å². The summed E-state index contributed by atoms with van der Waals surface area (Å²) in [6.45, 7) is 5.08. The van der Waals surface area contributed by atoms with E-state index in [1.165, 1.54) is 11.8 Å². The number of hydrogen-bond donors (Lipinski definition) is 1. The van der Waals surface area contributed by atoms with Crippen LogP contribution in [0.15, 0.2) is 29.4 Å². The van der Waals surface area contributed by atoms with Gasteiger partial charge in [-0.05, 0) is 38.8 Å². The van der Waals surface area contributed by atoms with Crippen molar-refractivity contribution in [2.24, 2.45) is 0 Å². The Morgan fingerprint density at radius 1 is 1.42 bits per heavy atom. The second-order valence-corrected chi connectivity index (χ2v) is 7.75. The first-order valence-corrected chi connectivity index (χ1v) is 9.68. The van der Waals surface area contributed by atoms with E-state index in [-0.39, 0.29) is 17.3 Å². The number of thioether (sulfide) groups is 1. The van der Waals surface area contributed by atoms with Crippen LogP contribution in [0.2, 0.25) is 0 Å². The fraction of sp³-hybridized carbons (Fsp3) is 0.444. The van der Waals surface area contributed by atoms with Gasteiger partial charge in [0.1, 0.15) is 5.82 Å². The Balaban J connectivity index is 1.56. The van der Waals surface area contributed by atoms with Crippen LogP contribution in [0.4, 0.5) is 0 Å². The summed E-state index contributed by atoms with van der Waals surface area (Å²) in [4.78, 5) is 21.7. The molecule has 3 heterocycles. The van der Waals surface area contributed by atoms with E-state index in [4.69, 9.17) is 9.72 Å². The molecule has 8 heteroatoms. The van der Waals surface area contributed by atoms with Crippen molar-refractivity contribution in [3.8, 4) is 0 Å². The molecule has 3 aromatic rings. The molecule has 0 saturated carbocycles. The van der Waals surface area contributed by atoms with Gasteiger partial charge < -0.3 is 10.1 Å². The van der Waals surface area contributed by atoms with Crippen LogP contribution in [-0.2, 0) is 9.53 Å². The summed E-state index contributed by atoms with van der Waals surface area (Å²) in [7, 11) is 0. The fourth-order valence-electron chi connectivity index (χ4n) is 3.08. The highest BCUT2D eigenvalue weighted by Crippen LogP contribution is 2.26. The average molecular weight is 371 g/mol. The largest absolute Gasteiger partial charge is 0.376 e. The maximum absolute atomic E-state index is 12.4. The van der Waals surface area contributed by atoms with Gasteiger partial charge in [0, 0.05) is 18.5 Å². The lowest BCUT2D eigenvalue weighted by Gasteiger charge is -2.15. The van der Waals surface area contributed by atoms with Gasteiger partial charge in [0.15, 0.2) is 10.8 Å². The van der Waals surface area contributed by atoms with Crippen LogP contribution in [0.5, 0.6) is 0 Å². The molecule has 1 amide bonds. The monoisotopic (exact) mass is 371 g/mol. The number of carbonyl (C=O) groups excluding carboxylic acids is 1. The van der Waals surface area contributed by atoms with Crippen molar-refractivity contribution in [2.45, 2.75) is 43.2 Å². The molecule has 1 fully saturated rings. The number of benzene rings is 1. The lowest BCUT2D eigenvalue weighted by atomic mass is 10.2. The Morgan fingerprint density at radius 2 is 2.27 bits per heavy atom. The first kappa shape index (κ1) is 17.2. The molecule has 1 aromatic carbocycles. The predicted octanol–water partition coefficient (Wildman–Crippen LogP) is 2.36. The van der Waals surface area contributed by atoms with Crippen LogP contribution in [0.1, 0.15) is 25.6 Å². The number of nitrogens with zero attached hydrogens (tertiary/aromatic N) is 4. The highest BCUT2D eigenvalue weighted by Gasteiger charge is 2.21. The van der Waals surface area contributed by atoms with E-state index in [0.29, 0.717) is 17.5 Å².